The summed E-state index contributed by atoms with van der Waals surface area (Å²) >= 11 is 0. The maximum Gasteiger partial charge on any atom is 0.361 e. The molecule has 0 amide bonds. The summed E-state index contributed by atoms with van der Waals surface area (Å²) in [6, 6.07) is 0. The SMILES string of the molecule is CCC/C=C\C/C=C\CCCCCCCC(=O)OCC(COC(OCC[N+](C)(C)C)C(=O)O)OC(=O)CCCCCCCCCCCCCCCCCCCC/C=C\C/C=C\C/C=C\CCCCCCC. The predicted octanol–water partition coefficient (Wildman–Crippen LogP) is 17.2. The van der Waals surface area contributed by atoms with Crippen LogP contribution in [0.2, 0.25) is 0 Å². The van der Waals surface area contributed by atoms with Gasteiger partial charge in [-0.15, -0.1) is 0 Å². The standard InChI is InChI=1S/C62H111NO8/c1-6-8-10-12-14-16-18-20-21-22-23-24-25-26-27-28-29-30-31-32-33-34-35-36-37-38-39-41-43-45-47-49-51-53-60(65)71-58(57-70-62(61(66)67)68-55-54-63(3,4)5)56-69-59(64)52-50-48-46-44-42-40-19-17-15-13-11-9-7-2/h11,13,17-20,22-23,25-26,58,62H,6-10,12,14-16,21,24,27-57H2,1-5H3/p+1/b13-11-,19-17-,20-18-,23-22-,26-25-. The van der Waals surface area contributed by atoms with Crippen LogP contribution < -0.4 is 0 Å². The Kier molecular flexibility index (Phi) is 51.0. The zero-order chi connectivity index (χ0) is 52.0. The third-order valence-corrected chi connectivity index (χ3v) is 12.7. The van der Waals surface area contributed by atoms with Gasteiger partial charge in [0.1, 0.15) is 13.2 Å². The number of carboxylic acids is 1. The van der Waals surface area contributed by atoms with Crippen LogP contribution in [0.15, 0.2) is 60.8 Å². The number of unbranched alkanes of at least 4 members (excludes halogenated alkanes) is 29. The Bertz CT molecular complexity index is 1350. The number of carbonyl (C=O) groups excluding carboxylic acids is 2. The molecule has 0 rings (SSSR count). The molecule has 0 bridgehead atoms. The first kappa shape index (κ1) is 68.0. The molecule has 9 nitrogen and oxygen atoms in total. The van der Waals surface area contributed by atoms with Gasteiger partial charge < -0.3 is 28.5 Å². The number of ether oxygens (including phenoxy) is 4. The summed E-state index contributed by atoms with van der Waals surface area (Å²) in [6.07, 6.45) is 64.6. The van der Waals surface area contributed by atoms with Crippen LogP contribution in [0.5, 0.6) is 0 Å². The van der Waals surface area contributed by atoms with E-state index in [1.165, 1.54) is 148 Å². The molecule has 0 heterocycles. The number of aliphatic carboxylic acids is 1. The van der Waals surface area contributed by atoms with E-state index in [2.05, 4.69) is 74.6 Å². The predicted molar refractivity (Wildman–Crippen MR) is 300 cm³/mol. The average Bonchev–Trinajstić information content (AvgIpc) is 3.34. The van der Waals surface area contributed by atoms with Crippen molar-refractivity contribution in [1.82, 2.24) is 0 Å². The van der Waals surface area contributed by atoms with Crippen LogP contribution in [0.4, 0.5) is 0 Å². The highest BCUT2D eigenvalue weighted by atomic mass is 16.7. The highest BCUT2D eigenvalue weighted by Gasteiger charge is 2.25. The summed E-state index contributed by atoms with van der Waals surface area (Å²) in [5, 5.41) is 9.68. The van der Waals surface area contributed by atoms with Gasteiger partial charge >= 0.3 is 17.9 Å². The smallest absolute Gasteiger partial charge is 0.361 e. The van der Waals surface area contributed by atoms with Gasteiger partial charge in [-0.1, -0.05) is 229 Å². The monoisotopic (exact) mass is 999 g/mol. The molecule has 0 fully saturated rings. The number of quaternary nitrogens is 1. The van der Waals surface area contributed by atoms with Gasteiger partial charge in [-0.05, 0) is 77.0 Å². The largest absolute Gasteiger partial charge is 0.477 e. The first-order valence-corrected chi connectivity index (χ1v) is 29.5. The van der Waals surface area contributed by atoms with Gasteiger partial charge in [-0.25, -0.2) is 4.79 Å². The van der Waals surface area contributed by atoms with Crippen LogP contribution in [0.1, 0.15) is 258 Å². The van der Waals surface area contributed by atoms with Crippen molar-refractivity contribution in [2.75, 3.05) is 47.5 Å². The molecule has 412 valence electrons. The van der Waals surface area contributed by atoms with E-state index in [4.69, 9.17) is 18.9 Å². The molecule has 0 spiro atoms. The van der Waals surface area contributed by atoms with Crippen LogP contribution >= 0.6 is 0 Å². The Morgan fingerprint density at radius 2 is 0.789 bits per heavy atom. The molecule has 0 aliphatic rings. The van der Waals surface area contributed by atoms with Crippen LogP contribution in [0.3, 0.4) is 0 Å². The second kappa shape index (κ2) is 53.3. The summed E-state index contributed by atoms with van der Waals surface area (Å²) in [5.41, 5.74) is 0. The molecular formula is C62H112NO8+. The van der Waals surface area contributed by atoms with E-state index >= 15 is 0 Å². The lowest BCUT2D eigenvalue weighted by Gasteiger charge is -2.25. The number of likely N-dealkylation sites (N-methyl/N-ethyl adjacent to an activating group) is 1. The van der Waals surface area contributed by atoms with E-state index in [9.17, 15) is 19.5 Å². The Labute approximate surface area is 437 Å². The Hall–Kier alpha value is -3.01. The number of nitrogens with zero attached hydrogens (tertiary/aromatic N) is 1. The molecular weight excluding hydrogens is 887 g/mol. The van der Waals surface area contributed by atoms with Gasteiger partial charge in [-0.2, -0.15) is 0 Å². The summed E-state index contributed by atoms with van der Waals surface area (Å²) < 4.78 is 22.8. The van der Waals surface area contributed by atoms with Crippen LogP contribution in [0.25, 0.3) is 0 Å². The summed E-state index contributed by atoms with van der Waals surface area (Å²) in [6.45, 7) is 4.80. The summed E-state index contributed by atoms with van der Waals surface area (Å²) in [7, 11) is 5.96. The fourth-order valence-corrected chi connectivity index (χ4v) is 8.18. The number of allylic oxidation sites excluding steroid dienone is 10. The van der Waals surface area contributed by atoms with Crippen molar-refractivity contribution in [2.45, 2.75) is 270 Å². The van der Waals surface area contributed by atoms with Gasteiger partial charge in [0, 0.05) is 12.8 Å². The maximum atomic E-state index is 12.9. The zero-order valence-corrected chi connectivity index (χ0v) is 46.9. The van der Waals surface area contributed by atoms with Crippen molar-refractivity contribution in [2.24, 2.45) is 0 Å². The second-order valence-corrected chi connectivity index (χ2v) is 20.9. The van der Waals surface area contributed by atoms with E-state index < -0.39 is 24.3 Å². The molecule has 0 aromatic heterocycles. The number of rotatable bonds is 54. The van der Waals surface area contributed by atoms with Gasteiger partial charge in [0.2, 0.25) is 0 Å². The molecule has 0 aromatic rings. The van der Waals surface area contributed by atoms with E-state index in [1.54, 1.807) is 0 Å². The van der Waals surface area contributed by atoms with Crippen LogP contribution in [-0.4, -0.2) is 87.4 Å². The molecule has 1 N–H and O–H groups in total. The number of esters is 2. The quantitative estimate of drug-likeness (QED) is 0.0211. The third-order valence-electron chi connectivity index (χ3n) is 12.7. The minimum Gasteiger partial charge on any atom is -0.477 e. The second-order valence-electron chi connectivity index (χ2n) is 20.9. The summed E-state index contributed by atoms with van der Waals surface area (Å²) in [5.74, 6) is -2.02. The zero-order valence-electron chi connectivity index (χ0n) is 46.9. The molecule has 0 saturated heterocycles. The fourth-order valence-electron chi connectivity index (χ4n) is 8.18. The minimum absolute atomic E-state index is 0.185. The first-order valence-electron chi connectivity index (χ1n) is 29.5. The molecule has 2 atom stereocenters. The molecule has 0 aromatic carbocycles. The first-order chi connectivity index (χ1) is 34.6. The fraction of sp³-hybridized carbons (Fsp3) is 0.790. The van der Waals surface area contributed by atoms with E-state index in [0.29, 0.717) is 11.0 Å². The van der Waals surface area contributed by atoms with Crippen molar-refractivity contribution in [3.8, 4) is 0 Å². The van der Waals surface area contributed by atoms with Crippen LogP contribution in [-0.2, 0) is 33.3 Å². The number of carboxylic acid groups (broad SMARTS) is 1. The van der Waals surface area contributed by atoms with Crippen LogP contribution in [0, 0.1) is 0 Å². The molecule has 0 radical (unpaired) electrons. The highest BCUT2D eigenvalue weighted by molar-refractivity contribution is 5.71. The summed E-state index contributed by atoms with van der Waals surface area (Å²) in [4.78, 5) is 37.3. The Morgan fingerprint density at radius 1 is 0.423 bits per heavy atom. The number of hydrogen-bond acceptors (Lipinski definition) is 7. The van der Waals surface area contributed by atoms with Gasteiger partial charge in [-0.3, -0.25) is 9.59 Å². The molecule has 0 aliphatic heterocycles. The lowest BCUT2D eigenvalue weighted by Crippen LogP contribution is -2.40. The Balaban J connectivity index is 4.08. The van der Waals surface area contributed by atoms with Crippen molar-refractivity contribution in [1.29, 1.82) is 0 Å². The molecule has 2 unspecified atom stereocenters. The number of hydrogen-bond donors (Lipinski definition) is 1. The minimum atomic E-state index is -1.51. The lowest BCUT2D eigenvalue weighted by atomic mass is 10.0. The van der Waals surface area contributed by atoms with Crippen molar-refractivity contribution < 1.29 is 42.9 Å². The van der Waals surface area contributed by atoms with E-state index in [1.807, 2.05) is 21.1 Å². The lowest BCUT2D eigenvalue weighted by molar-refractivity contribution is -0.870. The van der Waals surface area contributed by atoms with E-state index in [0.717, 1.165) is 83.5 Å². The average molecular weight is 1000 g/mol. The normalized spacial score (nSPS) is 13.2. The topological polar surface area (TPSA) is 108 Å². The van der Waals surface area contributed by atoms with Crippen molar-refractivity contribution >= 4 is 17.9 Å². The molecule has 9 heteroatoms. The van der Waals surface area contributed by atoms with Crippen molar-refractivity contribution in [3.63, 3.8) is 0 Å². The van der Waals surface area contributed by atoms with Crippen molar-refractivity contribution in [3.05, 3.63) is 60.8 Å². The van der Waals surface area contributed by atoms with Gasteiger partial charge in [0.25, 0.3) is 6.29 Å². The van der Waals surface area contributed by atoms with E-state index in [-0.39, 0.29) is 38.6 Å². The molecule has 0 aliphatic carbocycles. The van der Waals surface area contributed by atoms with Gasteiger partial charge in [0.15, 0.2) is 6.10 Å². The molecule has 0 saturated carbocycles. The maximum absolute atomic E-state index is 12.9. The van der Waals surface area contributed by atoms with Gasteiger partial charge in [0.05, 0.1) is 34.4 Å². The number of carbonyl (C=O) groups is 3. The highest BCUT2D eigenvalue weighted by Crippen LogP contribution is 2.16. The molecule has 71 heavy (non-hydrogen) atoms. The Morgan fingerprint density at radius 3 is 1.18 bits per heavy atom. The third kappa shape index (κ3) is 54.6.